The Balaban J connectivity index is 1.41. The van der Waals surface area contributed by atoms with Crippen molar-refractivity contribution in [1.82, 2.24) is 15.5 Å². The quantitative estimate of drug-likeness (QED) is 0.183. The lowest BCUT2D eigenvalue weighted by Crippen LogP contribution is -2.49. The van der Waals surface area contributed by atoms with Gasteiger partial charge in [0.25, 0.3) is 5.91 Å². The molecule has 51 heavy (non-hydrogen) atoms. The van der Waals surface area contributed by atoms with Gasteiger partial charge in [0.05, 0.1) is 11.8 Å². The average Bonchev–Trinajstić information content (AvgIpc) is 3.71. The summed E-state index contributed by atoms with van der Waals surface area (Å²) in [5.41, 5.74) is 1.85. The molecule has 1 heterocycles. The van der Waals surface area contributed by atoms with Crippen molar-refractivity contribution in [2.24, 2.45) is 5.41 Å². The van der Waals surface area contributed by atoms with Crippen LogP contribution in [-0.4, -0.2) is 69.3 Å². The molecule has 4 amide bonds. The van der Waals surface area contributed by atoms with Gasteiger partial charge in [-0.3, -0.25) is 28.9 Å². The monoisotopic (exact) mass is 696 g/mol. The first-order valence-electron chi connectivity index (χ1n) is 17.3. The second kappa shape index (κ2) is 16.5. The minimum atomic E-state index is -1.20. The number of anilines is 1. The Morgan fingerprint density at radius 3 is 2.06 bits per heavy atom. The topological polar surface area (TPSA) is 173 Å². The Morgan fingerprint density at radius 2 is 1.47 bits per heavy atom. The number of hydrogen-bond donors (Lipinski definition) is 4. The maximum atomic E-state index is 14.4. The van der Waals surface area contributed by atoms with Gasteiger partial charge in [-0.1, -0.05) is 85.6 Å². The van der Waals surface area contributed by atoms with E-state index in [0.29, 0.717) is 42.6 Å². The number of hydrogen-bond acceptors (Lipinski definition) is 6. The summed E-state index contributed by atoms with van der Waals surface area (Å²) in [6, 6.07) is 23.1. The van der Waals surface area contributed by atoms with Crippen LogP contribution in [0, 0.1) is 5.41 Å². The van der Waals surface area contributed by atoms with Crippen LogP contribution >= 0.6 is 0 Å². The summed E-state index contributed by atoms with van der Waals surface area (Å²) in [5.74, 6) is -3.61. The molecule has 0 spiro atoms. The van der Waals surface area contributed by atoms with Crippen molar-refractivity contribution in [3.63, 3.8) is 0 Å². The first-order chi connectivity index (χ1) is 24.5. The summed E-state index contributed by atoms with van der Waals surface area (Å²) in [4.78, 5) is 79.9. The average molecular weight is 697 g/mol. The molecule has 0 aromatic heterocycles. The van der Waals surface area contributed by atoms with E-state index in [9.17, 15) is 39.0 Å². The van der Waals surface area contributed by atoms with Gasteiger partial charge in [-0.05, 0) is 48.1 Å². The van der Waals surface area contributed by atoms with Crippen molar-refractivity contribution < 1.29 is 39.0 Å². The van der Waals surface area contributed by atoms with E-state index in [0.717, 1.165) is 18.4 Å². The van der Waals surface area contributed by atoms with Crippen molar-refractivity contribution in [3.05, 3.63) is 102 Å². The molecule has 2 fully saturated rings. The highest BCUT2D eigenvalue weighted by Crippen LogP contribution is 2.42. The van der Waals surface area contributed by atoms with Gasteiger partial charge in [0, 0.05) is 38.4 Å². The lowest BCUT2D eigenvalue weighted by Gasteiger charge is -2.32. The van der Waals surface area contributed by atoms with Crippen molar-refractivity contribution in [1.29, 1.82) is 0 Å². The number of nitrogens with zero attached hydrogens (tertiary/aromatic N) is 2. The van der Waals surface area contributed by atoms with Crippen LogP contribution < -0.4 is 15.5 Å². The third-order valence-corrected chi connectivity index (χ3v) is 9.85. The molecule has 12 nitrogen and oxygen atoms in total. The van der Waals surface area contributed by atoms with Gasteiger partial charge in [-0.25, -0.2) is 4.79 Å². The van der Waals surface area contributed by atoms with E-state index in [1.165, 1.54) is 11.8 Å². The van der Waals surface area contributed by atoms with E-state index in [4.69, 9.17) is 0 Å². The number of amides is 4. The van der Waals surface area contributed by atoms with Crippen molar-refractivity contribution in [3.8, 4) is 0 Å². The predicted molar refractivity (Wildman–Crippen MR) is 188 cm³/mol. The summed E-state index contributed by atoms with van der Waals surface area (Å²) in [5, 5.41) is 24.9. The number of benzene rings is 3. The smallest absolute Gasteiger partial charge is 0.326 e. The van der Waals surface area contributed by atoms with Crippen LogP contribution in [0.4, 0.5) is 5.69 Å². The highest BCUT2D eigenvalue weighted by molar-refractivity contribution is 6.04. The van der Waals surface area contributed by atoms with E-state index in [1.807, 2.05) is 48.5 Å². The van der Waals surface area contributed by atoms with Crippen molar-refractivity contribution in [2.45, 2.75) is 83.0 Å². The summed E-state index contributed by atoms with van der Waals surface area (Å²) in [7, 11) is 0. The fourth-order valence-electron chi connectivity index (χ4n) is 7.23. The van der Waals surface area contributed by atoms with Crippen LogP contribution in [0.15, 0.2) is 84.9 Å². The van der Waals surface area contributed by atoms with Gasteiger partial charge >= 0.3 is 11.9 Å². The van der Waals surface area contributed by atoms with E-state index < -0.39 is 41.5 Å². The second-order valence-corrected chi connectivity index (χ2v) is 13.3. The standard InChI is InChI=1S/C39H44N4O8/c1-26(44)40-23-22-39(20-8-9-21-39)38(51)41-31(37(49)50)24-28-14-16-30(17-15-28)42-35(29-12-6-3-7-13-29)43(33(45)18-19-34(46)47)32(36(42)48)25-27-10-4-2-5-11-27/h2-7,10-17,31-32,35H,8-9,18-25H2,1H3,(H,40,44)(H,41,51)(H,46,47)(H,49,50). The first-order valence-corrected chi connectivity index (χ1v) is 17.3. The highest BCUT2D eigenvalue weighted by atomic mass is 16.4. The number of carboxylic acids is 2. The Bertz CT molecular complexity index is 1720. The van der Waals surface area contributed by atoms with Crippen LogP contribution in [0.2, 0.25) is 0 Å². The van der Waals surface area contributed by atoms with E-state index >= 15 is 0 Å². The van der Waals surface area contributed by atoms with E-state index in [2.05, 4.69) is 10.6 Å². The Hall–Kier alpha value is -5.52. The van der Waals surface area contributed by atoms with Crippen molar-refractivity contribution >= 4 is 41.3 Å². The minimum Gasteiger partial charge on any atom is -0.481 e. The molecule has 1 saturated carbocycles. The number of rotatable bonds is 15. The SMILES string of the molecule is CC(=O)NCCC1(C(=O)NC(Cc2ccc(N3C(=O)C(Cc4ccccc4)N(C(=O)CCC(=O)O)C3c3ccccc3)cc2)C(=O)O)CCCC1. The highest BCUT2D eigenvalue weighted by Gasteiger charge is 2.49. The van der Waals surface area contributed by atoms with Crippen LogP contribution in [0.5, 0.6) is 0 Å². The third-order valence-electron chi connectivity index (χ3n) is 9.85. The molecule has 0 radical (unpaired) electrons. The molecule has 4 N–H and O–H groups in total. The summed E-state index contributed by atoms with van der Waals surface area (Å²) < 4.78 is 0. The Morgan fingerprint density at radius 1 is 0.843 bits per heavy atom. The van der Waals surface area contributed by atoms with E-state index in [-0.39, 0.29) is 43.4 Å². The maximum Gasteiger partial charge on any atom is 0.326 e. The van der Waals surface area contributed by atoms with Gasteiger partial charge in [-0.15, -0.1) is 0 Å². The normalized spacial score (nSPS) is 18.6. The molecule has 1 aliphatic heterocycles. The van der Waals surface area contributed by atoms with Crippen LogP contribution in [0.25, 0.3) is 0 Å². The number of carbonyl (C=O) groups excluding carboxylic acids is 4. The molecular weight excluding hydrogens is 652 g/mol. The summed E-state index contributed by atoms with van der Waals surface area (Å²) in [6.45, 7) is 1.74. The predicted octanol–water partition coefficient (Wildman–Crippen LogP) is 4.24. The molecule has 3 unspecified atom stereocenters. The zero-order valence-electron chi connectivity index (χ0n) is 28.6. The molecule has 3 aromatic carbocycles. The molecule has 12 heteroatoms. The Labute approximate surface area is 296 Å². The fraction of sp³-hybridized carbons (Fsp3) is 0.385. The molecule has 3 atom stereocenters. The minimum absolute atomic E-state index is 0.00434. The van der Waals surface area contributed by atoms with Crippen LogP contribution in [0.1, 0.15) is 74.7 Å². The molecule has 3 aromatic rings. The van der Waals surface area contributed by atoms with Crippen LogP contribution in [-0.2, 0) is 41.6 Å². The Kier molecular flexibility index (Phi) is 11.9. The van der Waals surface area contributed by atoms with Gasteiger partial charge in [-0.2, -0.15) is 0 Å². The molecule has 1 aliphatic carbocycles. The lowest BCUT2D eigenvalue weighted by atomic mass is 9.81. The number of carboxylic acid groups (broad SMARTS) is 2. The molecular formula is C39H44N4O8. The lowest BCUT2D eigenvalue weighted by molar-refractivity contribution is -0.144. The molecule has 1 saturated heterocycles. The van der Waals surface area contributed by atoms with Crippen LogP contribution in [0.3, 0.4) is 0 Å². The van der Waals surface area contributed by atoms with Crippen molar-refractivity contribution in [2.75, 3.05) is 11.4 Å². The summed E-state index contributed by atoms with van der Waals surface area (Å²) >= 11 is 0. The van der Waals surface area contributed by atoms with E-state index in [1.54, 1.807) is 41.3 Å². The van der Waals surface area contributed by atoms with Gasteiger partial charge in [0.15, 0.2) is 0 Å². The van der Waals surface area contributed by atoms with Gasteiger partial charge < -0.3 is 25.7 Å². The fourth-order valence-corrected chi connectivity index (χ4v) is 7.23. The first kappa shape index (κ1) is 36.8. The second-order valence-electron chi connectivity index (χ2n) is 13.3. The largest absolute Gasteiger partial charge is 0.481 e. The number of carbonyl (C=O) groups is 6. The zero-order chi connectivity index (χ0) is 36.5. The summed E-state index contributed by atoms with van der Waals surface area (Å²) in [6.07, 6.45) is 2.06. The molecule has 0 bridgehead atoms. The molecule has 268 valence electrons. The third kappa shape index (κ3) is 8.80. The molecule has 2 aliphatic rings. The maximum absolute atomic E-state index is 14.4. The van der Waals surface area contributed by atoms with Gasteiger partial charge in [0.2, 0.25) is 17.7 Å². The zero-order valence-corrected chi connectivity index (χ0v) is 28.6. The molecule has 5 rings (SSSR count). The van der Waals surface area contributed by atoms with Gasteiger partial charge in [0.1, 0.15) is 18.2 Å². The number of nitrogens with one attached hydrogen (secondary N) is 2. The number of aliphatic carboxylic acids is 2.